The molecule has 318 valence electrons. The minimum absolute atomic E-state index is 0.151. The topological polar surface area (TPSA) is 119 Å². The molecule has 0 amide bonds. The Labute approximate surface area is 332 Å². The van der Waals surface area contributed by atoms with Crippen LogP contribution in [-0.4, -0.2) is 41.0 Å². The Bertz CT molecular complexity index is 931. The number of ether oxygens (including phenoxy) is 2. The highest BCUT2D eigenvalue weighted by Gasteiger charge is 2.22. The zero-order chi connectivity index (χ0) is 39.6. The van der Waals surface area contributed by atoms with Gasteiger partial charge in [0.25, 0.3) is 0 Å². The van der Waals surface area contributed by atoms with Crippen LogP contribution in [0.4, 0.5) is 0 Å². The van der Waals surface area contributed by atoms with E-state index in [4.69, 9.17) is 19.3 Å². The first kappa shape index (κ1) is 52.5. The van der Waals surface area contributed by atoms with Crippen molar-refractivity contribution in [3.05, 3.63) is 24.3 Å². The number of hydrogen-bond acceptors (Lipinski definition) is 6. The molecule has 0 saturated carbocycles. The lowest BCUT2D eigenvalue weighted by Crippen LogP contribution is -2.29. The molecule has 0 aliphatic carbocycles. The van der Waals surface area contributed by atoms with Gasteiger partial charge >= 0.3 is 19.8 Å². The van der Waals surface area contributed by atoms with Gasteiger partial charge in [0.2, 0.25) is 0 Å². The second-order valence-electron chi connectivity index (χ2n) is 15.4. The summed E-state index contributed by atoms with van der Waals surface area (Å²) in [5.74, 6) is -0.926. The molecule has 0 heterocycles. The molecule has 0 radical (unpaired) electrons. The first-order valence-corrected chi connectivity index (χ1v) is 24.2. The average molecular weight is 785 g/mol. The van der Waals surface area contributed by atoms with E-state index in [1.165, 1.54) is 161 Å². The summed E-state index contributed by atoms with van der Waals surface area (Å²) in [7, 11) is -4.76. The predicted molar refractivity (Wildman–Crippen MR) is 225 cm³/mol. The van der Waals surface area contributed by atoms with Crippen molar-refractivity contribution in [2.24, 2.45) is 0 Å². The molecule has 0 unspecified atom stereocenters. The van der Waals surface area contributed by atoms with Crippen LogP contribution in [0.5, 0.6) is 0 Å². The van der Waals surface area contributed by atoms with Crippen molar-refractivity contribution in [3.8, 4) is 0 Å². The summed E-state index contributed by atoms with van der Waals surface area (Å²) in [5.41, 5.74) is 0. The van der Waals surface area contributed by atoms with Crippen molar-refractivity contribution in [2.75, 3.05) is 13.2 Å². The Morgan fingerprint density at radius 2 is 0.852 bits per heavy atom. The maximum absolute atomic E-state index is 12.4. The summed E-state index contributed by atoms with van der Waals surface area (Å²) in [6.07, 6.45) is 47.7. The summed E-state index contributed by atoms with van der Waals surface area (Å²) in [5, 5.41) is 0. The zero-order valence-electron chi connectivity index (χ0n) is 35.1. The molecular formula is C45H85O8P. The average Bonchev–Trinajstić information content (AvgIpc) is 3.14. The molecule has 0 rings (SSSR count). The molecule has 1 atom stereocenters. The van der Waals surface area contributed by atoms with E-state index in [-0.39, 0.29) is 19.4 Å². The summed E-state index contributed by atoms with van der Waals surface area (Å²) in [6.45, 7) is 3.68. The van der Waals surface area contributed by atoms with Crippen LogP contribution in [0.3, 0.4) is 0 Å². The minimum atomic E-state index is -4.76. The fourth-order valence-corrected chi connectivity index (χ4v) is 6.95. The van der Waals surface area contributed by atoms with Gasteiger partial charge in [-0.3, -0.25) is 14.1 Å². The fourth-order valence-electron chi connectivity index (χ4n) is 6.59. The number of rotatable bonds is 42. The van der Waals surface area contributed by atoms with E-state index >= 15 is 0 Å². The number of carbonyl (C=O) groups is 2. The molecule has 0 fully saturated rings. The van der Waals surface area contributed by atoms with Crippen LogP contribution in [0.25, 0.3) is 0 Å². The van der Waals surface area contributed by atoms with E-state index in [2.05, 4.69) is 36.6 Å². The molecule has 0 aromatic carbocycles. The lowest BCUT2D eigenvalue weighted by Gasteiger charge is -2.18. The Morgan fingerprint density at radius 1 is 0.481 bits per heavy atom. The number of allylic oxidation sites excluding steroid dienone is 4. The van der Waals surface area contributed by atoms with Gasteiger partial charge in [-0.2, -0.15) is 0 Å². The van der Waals surface area contributed by atoms with E-state index in [0.717, 1.165) is 38.5 Å². The zero-order valence-corrected chi connectivity index (χ0v) is 36.0. The highest BCUT2D eigenvalue weighted by atomic mass is 31.2. The van der Waals surface area contributed by atoms with E-state index in [1.54, 1.807) is 0 Å². The van der Waals surface area contributed by atoms with Gasteiger partial charge in [-0.05, 0) is 38.5 Å². The third-order valence-electron chi connectivity index (χ3n) is 9.97. The molecule has 0 spiro atoms. The minimum Gasteiger partial charge on any atom is -0.462 e. The first-order chi connectivity index (χ1) is 26.3. The van der Waals surface area contributed by atoms with E-state index < -0.39 is 32.5 Å². The molecule has 2 N–H and O–H groups in total. The van der Waals surface area contributed by atoms with Crippen molar-refractivity contribution in [2.45, 2.75) is 238 Å². The number of phosphoric acid groups is 1. The predicted octanol–water partition coefficient (Wildman–Crippen LogP) is 14.0. The highest BCUT2D eigenvalue weighted by Crippen LogP contribution is 2.36. The van der Waals surface area contributed by atoms with Crippen LogP contribution in [0.2, 0.25) is 0 Å². The van der Waals surface area contributed by atoms with Gasteiger partial charge in [-0.1, -0.05) is 205 Å². The quantitative estimate of drug-likeness (QED) is 0.0272. The van der Waals surface area contributed by atoms with Crippen LogP contribution >= 0.6 is 7.82 Å². The fraction of sp³-hybridized carbons (Fsp3) is 0.867. The van der Waals surface area contributed by atoms with Crippen LogP contribution in [0.1, 0.15) is 232 Å². The third kappa shape index (κ3) is 43.3. The lowest BCUT2D eigenvalue weighted by molar-refractivity contribution is -0.161. The number of unbranched alkanes of at least 4 members (excludes halogenated alkanes) is 28. The Morgan fingerprint density at radius 3 is 1.28 bits per heavy atom. The molecule has 0 saturated heterocycles. The molecule has 0 aliphatic rings. The first-order valence-electron chi connectivity index (χ1n) is 22.6. The molecule has 0 aliphatic heterocycles. The number of hydrogen-bond donors (Lipinski definition) is 2. The van der Waals surface area contributed by atoms with Crippen LogP contribution < -0.4 is 0 Å². The number of carbonyl (C=O) groups excluding carboxylic acids is 2. The van der Waals surface area contributed by atoms with Crippen LogP contribution in [-0.2, 0) is 28.2 Å². The molecule has 8 nitrogen and oxygen atoms in total. The third-order valence-corrected chi connectivity index (χ3v) is 10.5. The van der Waals surface area contributed by atoms with Crippen molar-refractivity contribution in [1.82, 2.24) is 0 Å². The van der Waals surface area contributed by atoms with Crippen molar-refractivity contribution in [1.29, 1.82) is 0 Å². The van der Waals surface area contributed by atoms with Gasteiger partial charge < -0.3 is 19.3 Å². The van der Waals surface area contributed by atoms with Gasteiger partial charge in [-0.15, -0.1) is 0 Å². The Kier molecular flexibility index (Phi) is 40.1. The second kappa shape index (κ2) is 41.2. The molecule has 0 aromatic heterocycles. The smallest absolute Gasteiger partial charge is 0.462 e. The SMILES string of the molecule is CCCCCCCCCCC/C=C/C/C=C/CCCC(=O)O[C@H](COC(=O)CCCCCCCCCCCCCCCCCCCCC)COP(=O)(O)O. The number of esters is 2. The summed E-state index contributed by atoms with van der Waals surface area (Å²) in [4.78, 5) is 42.9. The molecule has 54 heavy (non-hydrogen) atoms. The van der Waals surface area contributed by atoms with Gasteiger partial charge in [-0.25, -0.2) is 4.57 Å². The normalized spacial score (nSPS) is 12.6. The summed E-state index contributed by atoms with van der Waals surface area (Å²) in [6, 6.07) is 0. The highest BCUT2D eigenvalue weighted by molar-refractivity contribution is 7.46. The second-order valence-corrected chi connectivity index (χ2v) is 16.6. The maximum atomic E-state index is 12.4. The Balaban J connectivity index is 3.90. The molecule has 0 bridgehead atoms. The monoisotopic (exact) mass is 785 g/mol. The Hall–Kier alpha value is -1.47. The molecule has 9 heteroatoms. The van der Waals surface area contributed by atoms with Gasteiger partial charge in [0.15, 0.2) is 6.10 Å². The molecule has 0 aromatic rings. The van der Waals surface area contributed by atoms with Crippen molar-refractivity contribution < 1.29 is 37.9 Å². The molecular weight excluding hydrogens is 699 g/mol. The maximum Gasteiger partial charge on any atom is 0.469 e. The summed E-state index contributed by atoms with van der Waals surface area (Å²) < 4.78 is 26.4. The van der Waals surface area contributed by atoms with Gasteiger partial charge in [0.1, 0.15) is 6.61 Å². The number of phosphoric ester groups is 1. The van der Waals surface area contributed by atoms with Crippen LogP contribution in [0, 0.1) is 0 Å². The van der Waals surface area contributed by atoms with E-state index in [1.807, 2.05) is 6.08 Å². The van der Waals surface area contributed by atoms with Gasteiger partial charge in [0.05, 0.1) is 6.61 Å². The van der Waals surface area contributed by atoms with Crippen molar-refractivity contribution in [3.63, 3.8) is 0 Å². The van der Waals surface area contributed by atoms with Crippen LogP contribution in [0.15, 0.2) is 24.3 Å². The summed E-state index contributed by atoms with van der Waals surface area (Å²) >= 11 is 0. The van der Waals surface area contributed by atoms with E-state index in [9.17, 15) is 14.2 Å². The standard InChI is InChI=1S/C45H85O8P/c1-3-5-7-9-11-13-15-17-19-21-22-24-25-27-29-31-33-35-37-39-44(46)51-41-43(42-52-54(48,49)50)53-45(47)40-38-36-34-32-30-28-26-23-20-18-16-14-12-10-8-6-4-2/h26,28,32,34,43H,3-25,27,29-31,33,35-42H2,1-2H3,(H2,48,49,50)/b28-26+,34-32+/t43-/m1/s1. The largest absolute Gasteiger partial charge is 0.469 e. The van der Waals surface area contributed by atoms with Gasteiger partial charge in [0, 0.05) is 12.8 Å². The lowest BCUT2D eigenvalue weighted by atomic mass is 10.0. The van der Waals surface area contributed by atoms with E-state index in [0.29, 0.717) is 6.42 Å². The van der Waals surface area contributed by atoms with Crippen molar-refractivity contribution >= 4 is 19.8 Å².